The van der Waals surface area contributed by atoms with Crippen molar-refractivity contribution in [1.29, 1.82) is 0 Å². The van der Waals surface area contributed by atoms with Crippen LogP contribution in [0.25, 0.3) is 10.8 Å². The van der Waals surface area contributed by atoms with Gasteiger partial charge in [-0.1, -0.05) is 69.2 Å². The van der Waals surface area contributed by atoms with Crippen molar-refractivity contribution in [2.45, 2.75) is 47.0 Å². The van der Waals surface area contributed by atoms with Gasteiger partial charge in [0.1, 0.15) is 0 Å². The van der Waals surface area contributed by atoms with E-state index in [4.69, 9.17) is 0 Å². The normalized spacial score (nSPS) is 12.0. The summed E-state index contributed by atoms with van der Waals surface area (Å²) in [4.78, 5) is 0. The molecule has 0 radical (unpaired) electrons. The lowest BCUT2D eigenvalue weighted by Gasteiger charge is -2.22. The third-order valence-electron chi connectivity index (χ3n) is 4.11. The van der Waals surface area contributed by atoms with Crippen LogP contribution in [-0.4, -0.2) is 0 Å². The number of fused-ring (bicyclic) bond motifs is 1. The van der Waals surface area contributed by atoms with Crippen LogP contribution in [0.5, 0.6) is 0 Å². The SMILES string of the molecule is CCC(C)(C)CCc1ccc2cc(C)ccc2c1. The summed E-state index contributed by atoms with van der Waals surface area (Å²) in [6, 6.07) is 13.6. The Morgan fingerprint density at radius 3 is 2.33 bits per heavy atom. The predicted octanol–water partition coefficient (Wildman–Crippen LogP) is 5.52. The molecule has 0 spiro atoms. The second-order valence-electron chi connectivity index (χ2n) is 6.20. The molecule has 0 N–H and O–H groups in total. The van der Waals surface area contributed by atoms with E-state index in [2.05, 4.69) is 64.1 Å². The van der Waals surface area contributed by atoms with Crippen LogP contribution in [0, 0.1) is 12.3 Å². The Morgan fingerprint density at radius 1 is 0.944 bits per heavy atom. The van der Waals surface area contributed by atoms with Crippen molar-refractivity contribution in [3.63, 3.8) is 0 Å². The smallest absolute Gasteiger partial charge is 0.0181 e. The van der Waals surface area contributed by atoms with Gasteiger partial charge in [-0.25, -0.2) is 0 Å². The first kappa shape index (κ1) is 13.1. The highest BCUT2D eigenvalue weighted by molar-refractivity contribution is 5.83. The fraction of sp³-hybridized carbons (Fsp3) is 0.444. The first-order valence-electron chi connectivity index (χ1n) is 6.99. The van der Waals surface area contributed by atoms with Crippen molar-refractivity contribution >= 4 is 10.8 Å². The van der Waals surface area contributed by atoms with Gasteiger partial charge in [-0.2, -0.15) is 0 Å². The highest BCUT2D eigenvalue weighted by atomic mass is 14.2. The summed E-state index contributed by atoms with van der Waals surface area (Å²) in [6.45, 7) is 9.15. The molecule has 0 heteroatoms. The van der Waals surface area contributed by atoms with Crippen LogP contribution in [0.1, 0.15) is 44.7 Å². The Kier molecular flexibility index (Phi) is 3.75. The monoisotopic (exact) mass is 240 g/mol. The zero-order valence-electron chi connectivity index (χ0n) is 12.1. The highest BCUT2D eigenvalue weighted by Crippen LogP contribution is 2.27. The van der Waals surface area contributed by atoms with Gasteiger partial charge in [-0.05, 0) is 41.5 Å². The highest BCUT2D eigenvalue weighted by Gasteiger charge is 2.14. The Bertz CT molecular complexity index is 535. The maximum Gasteiger partial charge on any atom is -0.0181 e. The van der Waals surface area contributed by atoms with Gasteiger partial charge in [0.25, 0.3) is 0 Å². The minimum absolute atomic E-state index is 0.461. The lowest BCUT2D eigenvalue weighted by atomic mass is 9.84. The third kappa shape index (κ3) is 3.13. The summed E-state index contributed by atoms with van der Waals surface area (Å²) in [5, 5.41) is 2.72. The summed E-state index contributed by atoms with van der Waals surface area (Å²) in [6.07, 6.45) is 3.70. The molecule has 0 atom stereocenters. The van der Waals surface area contributed by atoms with Crippen molar-refractivity contribution in [2.24, 2.45) is 5.41 Å². The Hall–Kier alpha value is -1.30. The molecule has 0 aliphatic heterocycles. The van der Waals surface area contributed by atoms with E-state index in [1.54, 1.807) is 0 Å². The van der Waals surface area contributed by atoms with Gasteiger partial charge in [0.15, 0.2) is 0 Å². The van der Waals surface area contributed by atoms with E-state index in [0.29, 0.717) is 5.41 Å². The zero-order valence-corrected chi connectivity index (χ0v) is 12.1. The second-order valence-corrected chi connectivity index (χ2v) is 6.20. The average Bonchev–Trinajstić information content (AvgIpc) is 2.36. The zero-order chi connectivity index (χ0) is 13.2. The van der Waals surface area contributed by atoms with E-state index in [1.165, 1.54) is 41.2 Å². The summed E-state index contributed by atoms with van der Waals surface area (Å²) in [5.41, 5.74) is 3.26. The van der Waals surface area contributed by atoms with E-state index >= 15 is 0 Å². The largest absolute Gasteiger partial charge is 0.0649 e. The van der Waals surface area contributed by atoms with Gasteiger partial charge in [0, 0.05) is 0 Å². The lowest BCUT2D eigenvalue weighted by Crippen LogP contribution is -2.10. The molecule has 0 heterocycles. The van der Waals surface area contributed by atoms with E-state index in [1.807, 2.05) is 0 Å². The van der Waals surface area contributed by atoms with Crippen LogP contribution in [0.15, 0.2) is 36.4 Å². The van der Waals surface area contributed by atoms with E-state index in [0.717, 1.165) is 0 Å². The number of rotatable bonds is 4. The Labute approximate surface area is 111 Å². The first-order chi connectivity index (χ1) is 8.50. The number of benzene rings is 2. The van der Waals surface area contributed by atoms with Crippen molar-refractivity contribution in [2.75, 3.05) is 0 Å². The van der Waals surface area contributed by atoms with Crippen molar-refractivity contribution in [3.8, 4) is 0 Å². The predicted molar refractivity (Wildman–Crippen MR) is 81.1 cm³/mol. The fourth-order valence-electron chi connectivity index (χ4n) is 2.23. The molecular weight excluding hydrogens is 216 g/mol. The molecule has 0 saturated carbocycles. The van der Waals surface area contributed by atoms with Crippen LogP contribution < -0.4 is 0 Å². The molecule has 2 aromatic carbocycles. The molecule has 96 valence electrons. The summed E-state index contributed by atoms with van der Waals surface area (Å²) < 4.78 is 0. The molecule has 0 nitrogen and oxygen atoms in total. The molecule has 0 bridgehead atoms. The summed E-state index contributed by atoms with van der Waals surface area (Å²) >= 11 is 0. The maximum absolute atomic E-state index is 2.36. The summed E-state index contributed by atoms with van der Waals surface area (Å²) in [5.74, 6) is 0. The fourth-order valence-corrected chi connectivity index (χ4v) is 2.23. The van der Waals surface area contributed by atoms with Gasteiger partial charge >= 0.3 is 0 Å². The van der Waals surface area contributed by atoms with Crippen LogP contribution in [0.2, 0.25) is 0 Å². The van der Waals surface area contributed by atoms with Gasteiger partial charge in [0.05, 0.1) is 0 Å². The minimum Gasteiger partial charge on any atom is -0.0649 e. The van der Waals surface area contributed by atoms with Gasteiger partial charge < -0.3 is 0 Å². The van der Waals surface area contributed by atoms with Gasteiger partial charge in [0.2, 0.25) is 0 Å². The maximum atomic E-state index is 2.36. The van der Waals surface area contributed by atoms with Gasteiger partial charge in [-0.3, -0.25) is 0 Å². The molecule has 18 heavy (non-hydrogen) atoms. The first-order valence-corrected chi connectivity index (χ1v) is 6.99. The molecule has 0 amide bonds. The standard InChI is InChI=1S/C18H24/c1-5-18(3,4)11-10-15-7-9-16-12-14(2)6-8-17(16)13-15/h6-9,12-13H,5,10-11H2,1-4H3. The van der Waals surface area contributed by atoms with E-state index in [9.17, 15) is 0 Å². The minimum atomic E-state index is 0.461. The Morgan fingerprint density at radius 2 is 1.61 bits per heavy atom. The number of hydrogen-bond acceptors (Lipinski definition) is 0. The van der Waals surface area contributed by atoms with Crippen molar-refractivity contribution in [1.82, 2.24) is 0 Å². The molecule has 0 fully saturated rings. The number of aryl methyl sites for hydroxylation is 2. The molecular formula is C18H24. The van der Waals surface area contributed by atoms with Crippen molar-refractivity contribution in [3.05, 3.63) is 47.5 Å². The quantitative estimate of drug-likeness (QED) is 0.660. The number of hydrogen-bond donors (Lipinski definition) is 0. The third-order valence-corrected chi connectivity index (χ3v) is 4.11. The molecule has 0 aliphatic rings. The van der Waals surface area contributed by atoms with Gasteiger partial charge in [-0.15, -0.1) is 0 Å². The lowest BCUT2D eigenvalue weighted by molar-refractivity contribution is 0.322. The average molecular weight is 240 g/mol. The molecule has 0 unspecified atom stereocenters. The van der Waals surface area contributed by atoms with Crippen LogP contribution >= 0.6 is 0 Å². The van der Waals surface area contributed by atoms with E-state index < -0.39 is 0 Å². The topological polar surface area (TPSA) is 0 Å². The molecule has 2 aromatic rings. The van der Waals surface area contributed by atoms with Crippen LogP contribution in [0.3, 0.4) is 0 Å². The van der Waals surface area contributed by atoms with Crippen molar-refractivity contribution < 1.29 is 0 Å². The second kappa shape index (κ2) is 5.14. The summed E-state index contributed by atoms with van der Waals surface area (Å²) in [7, 11) is 0. The molecule has 0 aromatic heterocycles. The Balaban J connectivity index is 2.18. The molecule has 0 aliphatic carbocycles. The molecule has 2 rings (SSSR count). The van der Waals surface area contributed by atoms with Crippen LogP contribution in [0.4, 0.5) is 0 Å². The van der Waals surface area contributed by atoms with E-state index in [-0.39, 0.29) is 0 Å². The molecule has 0 saturated heterocycles. The van der Waals surface area contributed by atoms with Crippen LogP contribution in [-0.2, 0) is 6.42 Å².